The lowest BCUT2D eigenvalue weighted by Crippen LogP contribution is -2.33. The second-order valence-electron chi connectivity index (χ2n) is 3.07. The van der Waals surface area contributed by atoms with E-state index in [-0.39, 0.29) is 5.91 Å². The molecular weight excluding hydrogens is 152 g/mol. The molecule has 0 unspecified atom stereocenters. The number of carbonyl (C=O) groups is 1. The van der Waals surface area contributed by atoms with Crippen molar-refractivity contribution in [2.24, 2.45) is 5.84 Å². The largest absolute Gasteiger partial charge is 0.273 e. The Bertz CT molecular complexity index is 346. The van der Waals surface area contributed by atoms with Gasteiger partial charge in [-0.15, -0.1) is 0 Å². The van der Waals surface area contributed by atoms with Crippen molar-refractivity contribution in [3.63, 3.8) is 0 Å². The lowest BCUT2D eigenvalue weighted by molar-refractivity contribution is -0.117. The van der Waals surface area contributed by atoms with Crippen molar-refractivity contribution in [3.05, 3.63) is 29.3 Å². The Balaban J connectivity index is 2.54. The van der Waals surface area contributed by atoms with Gasteiger partial charge in [-0.05, 0) is 18.6 Å². The van der Waals surface area contributed by atoms with Gasteiger partial charge in [-0.2, -0.15) is 0 Å². The van der Waals surface area contributed by atoms with Gasteiger partial charge in [0.15, 0.2) is 0 Å². The fourth-order valence-corrected chi connectivity index (χ4v) is 1.47. The number of hydrazine groups is 1. The Morgan fingerprint density at radius 1 is 1.50 bits per heavy atom. The van der Waals surface area contributed by atoms with Crippen molar-refractivity contribution in [1.29, 1.82) is 0 Å². The van der Waals surface area contributed by atoms with E-state index in [1.165, 1.54) is 5.01 Å². The third-order valence-corrected chi connectivity index (χ3v) is 2.10. The van der Waals surface area contributed by atoms with E-state index in [1.807, 2.05) is 25.1 Å². The van der Waals surface area contributed by atoms with Crippen molar-refractivity contribution in [3.8, 4) is 0 Å². The number of benzene rings is 1. The van der Waals surface area contributed by atoms with E-state index in [0.29, 0.717) is 6.42 Å². The number of hydrogen-bond donors (Lipinski definition) is 1. The third-order valence-electron chi connectivity index (χ3n) is 2.10. The van der Waals surface area contributed by atoms with Crippen molar-refractivity contribution in [2.45, 2.75) is 13.3 Å². The normalized spacial score (nSPS) is 15.2. The summed E-state index contributed by atoms with van der Waals surface area (Å²) in [4.78, 5) is 11.1. The van der Waals surface area contributed by atoms with Crippen LogP contribution in [0, 0.1) is 6.92 Å². The second kappa shape index (κ2) is 2.32. The summed E-state index contributed by atoms with van der Waals surface area (Å²) >= 11 is 0. The number of rotatable bonds is 0. The third kappa shape index (κ3) is 0.905. The van der Waals surface area contributed by atoms with E-state index in [1.54, 1.807) is 0 Å². The predicted octanol–water partition coefficient (Wildman–Crippen LogP) is 0.758. The standard InChI is InChI=1S/C9H10N2O/c1-6-2-3-8-7(4-6)5-9(12)11(8)10/h2-4H,5,10H2,1H3. The van der Waals surface area contributed by atoms with Crippen LogP contribution in [0.4, 0.5) is 5.69 Å². The van der Waals surface area contributed by atoms with Crippen molar-refractivity contribution < 1.29 is 4.79 Å². The minimum Gasteiger partial charge on any atom is -0.273 e. The number of anilines is 1. The van der Waals surface area contributed by atoms with Gasteiger partial charge < -0.3 is 0 Å². The predicted molar refractivity (Wildman–Crippen MR) is 46.6 cm³/mol. The molecule has 12 heavy (non-hydrogen) atoms. The maximum Gasteiger partial charge on any atom is 0.245 e. The number of aryl methyl sites for hydroxylation is 1. The molecule has 1 heterocycles. The molecule has 0 saturated heterocycles. The van der Waals surface area contributed by atoms with Crippen molar-refractivity contribution in [1.82, 2.24) is 0 Å². The van der Waals surface area contributed by atoms with E-state index < -0.39 is 0 Å². The zero-order valence-electron chi connectivity index (χ0n) is 6.87. The highest BCUT2D eigenvalue weighted by molar-refractivity contribution is 6.00. The highest BCUT2D eigenvalue weighted by atomic mass is 16.2. The van der Waals surface area contributed by atoms with Crippen LogP contribution in [0.25, 0.3) is 0 Å². The first-order valence-corrected chi connectivity index (χ1v) is 3.85. The van der Waals surface area contributed by atoms with Gasteiger partial charge in [0.1, 0.15) is 0 Å². The first-order chi connectivity index (χ1) is 5.68. The average molecular weight is 162 g/mol. The summed E-state index contributed by atoms with van der Waals surface area (Å²) in [6.07, 6.45) is 0.438. The zero-order valence-corrected chi connectivity index (χ0v) is 6.87. The minimum absolute atomic E-state index is 0.0319. The molecule has 0 aliphatic carbocycles. The molecule has 2 rings (SSSR count). The summed E-state index contributed by atoms with van der Waals surface area (Å²) in [5, 5.41) is 1.22. The number of nitrogens with zero attached hydrogens (tertiary/aromatic N) is 1. The summed E-state index contributed by atoms with van der Waals surface area (Å²) in [5.74, 6) is 5.49. The van der Waals surface area contributed by atoms with Gasteiger partial charge in [0.25, 0.3) is 0 Å². The number of amides is 1. The number of fused-ring (bicyclic) bond motifs is 1. The van der Waals surface area contributed by atoms with E-state index in [2.05, 4.69) is 0 Å². The van der Waals surface area contributed by atoms with Crippen LogP contribution in [0.5, 0.6) is 0 Å². The maximum atomic E-state index is 11.1. The van der Waals surface area contributed by atoms with Crippen LogP contribution in [0.2, 0.25) is 0 Å². The average Bonchev–Trinajstić information content (AvgIpc) is 2.28. The summed E-state index contributed by atoms with van der Waals surface area (Å²) < 4.78 is 0. The highest BCUT2D eigenvalue weighted by Crippen LogP contribution is 2.26. The molecule has 1 amide bonds. The van der Waals surface area contributed by atoms with Gasteiger partial charge in [0, 0.05) is 0 Å². The van der Waals surface area contributed by atoms with Crippen molar-refractivity contribution in [2.75, 3.05) is 5.01 Å². The SMILES string of the molecule is Cc1ccc2c(c1)CC(=O)N2N. The van der Waals surface area contributed by atoms with Crippen molar-refractivity contribution >= 4 is 11.6 Å². The number of nitrogens with two attached hydrogens (primary N) is 1. The van der Waals surface area contributed by atoms with Gasteiger partial charge in [-0.3, -0.25) is 4.79 Å². The molecule has 62 valence electrons. The van der Waals surface area contributed by atoms with Gasteiger partial charge in [-0.1, -0.05) is 17.7 Å². The Labute approximate surface area is 70.8 Å². The monoisotopic (exact) mass is 162 g/mol. The van der Waals surface area contributed by atoms with Gasteiger partial charge in [-0.25, -0.2) is 10.9 Å². The number of carbonyl (C=O) groups excluding carboxylic acids is 1. The Morgan fingerprint density at radius 3 is 3.00 bits per heavy atom. The summed E-state index contributed by atoms with van der Waals surface area (Å²) in [6, 6.07) is 5.84. The van der Waals surface area contributed by atoms with E-state index in [9.17, 15) is 4.79 Å². The first kappa shape index (κ1) is 7.31. The molecule has 1 aliphatic heterocycles. The molecule has 0 saturated carbocycles. The Hall–Kier alpha value is -1.35. The maximum absolute atomic E-state index is 11.1. The zero-order chi connectivity index (χ0) is 8.72. The van der Waals surface area contributed by atoms with Gasteiger partial charge >= 0.3 is 0 Å². The summed E-state index contributed by atoms with van der Waals surface area (Å²) in [7, 11) is 0. The van der Waals surface area contributed by atoms with Crippen LogP contribution < -0.4 is 10.9 Å². The number of hydrogen-bond acceptors (Lipinski definition) is 2. The van der Waals surface area contributed by atoms with E-state index >= 15 is 0 Å². The molecule has 2 N–H and O–H groups in total. The molecule has 0 atom stereocenters. The van der Waals surface area contributed by atoms with Crippen LogP contribution in [0.3, 0.4) is 0 Å². The summed E-state index contributed by atoms with van der Waals surface area (Å²) in [6.45, 7) is 2.00. The Kier molecular flexibility index (Phi) is 1.41. The van der Waals surface area contributed by atoms with E-state index in [4.69, 9.17) is 5.84 Å². The lowest BCUT2D eigenvalue weighted by Gasteiger charge is -2.08. The molecule has 0 fully saturated rings. The smallest absolute Gasteiger partial charge is 0.245 e. The minimum atomic E-state index is -0.0319. The van der Waals surface area contributed by atoms with Crippen LogP contribution in [-0.4, -0.2) is 5.91 Å². The molecule has 0 radical (unpaired) electrons. The van der Waals surface area contributed by atoms with Crippen LogP contribution in [-0.2, 0) is 11.2 Å². The second-order valence-corrected chi connectivity index (χ2v) is 3.07. The molecule has 0 bridgehead atoms. The lowest BCUT2D eigenvalue weighted by atomic mass is 10.1. The highest BCUT2D eigenvalue weighted by Gasteiger charge is 2.23. The quantitative estimate of drug-likeness (QED) is 0.452. The molecular formula is C9H10N2O. The topological polar surface area (TPSA) is 46.3 Å². The Morgan fingerprint density at radius 2 is 2.25 bits per heavy atom. The van der Waals surface area contributed by atoms with Crippen LogP contribution in [0.15, 0.2) is 18.2 Å². The molecule has 0 spiro atoms. The fourth-order valence-electron chi connectivity index (χ4n) is 1.47. The fraction of sp³-hybridized carbons (Fsp3) is 0.222. The van der Waals surface area contributed by atoms with Gasteiger partial charge in [0.2, 0.25) is 5.91 Å². The van der Waals surface area contributed by atoms with Crippen LogP contribution >= 0.6 is 0 Å². The van der Waals surface area contributed by atoms with E-state index in [0.717, 1.165) is 16.8 Å². The van der Waals surface area contributed by atoms with Gasteiger partial charge in [0.05, 0.1) is 12.1 Å². The molecule has 1 aromatic rings. The molecule has 1 aliphatic rings. The van der Waals surface area contributed by atoms with Crippen LogP contribution in [0.1, 0.15) is 11.1 Å². The molecule has 0 aromatic heterocycles. The first-order valence-electron chi connectivity index (χ1n) is 3.85. The molecule has 3 nitrogen and oxygen atoms in total. The molecule has 3 heteroatoms. The molecule has 1 aromatic carbocycles. The summed E-state index contributed by atoms with van der Waals surface area (Å²) in [5.41, 5.74) is 3.03.